The quantitative estimate of drug-likeness (QED) is 0.700. The molecule has 0 amide bonds. The minimum Gasteiger partial charge on any atom is -0.478 e. The summed E-state index contributed by atoms with van der Waals surface area (Å²) in [5.74, 6) is -1.02. The summed E-state index contributed by atoms with van der Waals surface area (Å²) >= 11 is 0. The second-order valence-corrected chi connectivity index (χ2v) is 2.68. The highest BCUT2D eigenvalue weighted by Crippen LogP contribution is 2.07. The van der Waals surface area contributed by atoms with Gasteiger partial charge in [-0.25, -0.2) is 4.79 Å². The predicted molar refractivity (Wildman–Crippen MR) is 53.1 cm³/mol. The van der Waals surface area contributed by atoms with E-state index < -0.39 is 12.2 Å². The second kappa shape index (κ2) is 5.24. The van der Waals surface area contributed by atoms with Crippen molar-refractivity contribution in [2.24, 2.45) is 0 Å². The summed E-state index contributed by atoms with van der Waals surface area (Å²) in [4.78, 5) is 10.7. The molecule has 1 atom stereocenters. The Bertz CT molecular complexity index is 287. The van der Waals surface area contributed by atoms with Crippen LogP contribution in [0.15, 0.2) is 30.3 Å². The Hall–Kier alpha value is -1.55. The third-order valence-electron chi connectivity index (χ3n) is 1.63. The molecule has 76 valence electrons. The molecule has 14 heavy (non-hydrogen) atoms. The van der Waals surface area contributed by atoms with Gasteiger partial charge in [-0.1, -0.05) is 18.2 Å². The number of carboxylic acids is 1. The largest absolute Gasteiger partial charge is 0.478 e. The molecule has 1 aromatic carbocycles. The summed E-state index contributed by atoms with van der Waals surface area (Å²) < 4.78 is 5.00. The van der Waals surface area contributed by atoms with E-state index in [1.54, 1.807) is 19.1 Å². The van der Waals surface area contributed by atoms with E-state index in [1.807, 2.05) is 18.2 Å². The fourth-order valence-corrected chi connectivity index (χ4v) is 1.03. The van der Waals surface area contributed by atoms with E-state index >= 15 is 0 Å². The lowest BCUT2D eigenvalue weighted by atomic mass is 10.3. The van der Waals surface area contributed by atoms with Crippen molar-refractivity contribution in [3.63, 3.8) is 0 Å². The Morgan fingerprint density at radius 1 is 1.50 bits per heavy atom. The van der Waals surface area contributed by atoms with Gasteiger partial charge in [0.25, 0.3) is 0 Å². The maximum atomic E-state index is 10.7. The molecule has 0 fully saturated rings. The summed E-state index contributed by atoms with van der Waals surface area (Å²) in [5, 5.41) is 11.5. The van der Waals surface area contributed by atoms with Crippen LogP contribution in [-0.2, 0) is 9.53 Å². The van der Waals surface area contributed by atoms with Crippen LogP contribution in [-0.4, -0.2) is 23.9 Å². The lowest BCUT2D eigenvalue weighted by molar-refractivity contribution is -0.148. The van der Waals surface area contributed by atoms with E-state index in [-0.39, 0.29) is 0 Å². The van der Waals surface area contributed by atoms with Gasteiger partial charge < -0.3 is 15.2 Å². The SMILES string of the molecule is CCOC(Nc1ccccc1)C(=O)O. The zero-order chi connectivity index (χ0) is 10.4. The molecule has 4 heteroatoms. The highest BCUT2D eigenvalue weighted by molar-refractivity contribution is 5.75. The summed E-state index contributed by atoms with van der Waals surface area (Å²) in [6, 6.07) is 9.09. The molecule has 1 aromatic rings. The Kier molecular flexibility index (Phi) is 3.94. The van der Waals surface area contributed by atoms with E-state index in [9.17, 15) is 4.79 Å². The smallest absolute Gasteiger partial charge is 0.353 e. The molecule has 0 saturated heterocycles. The van der Waals surface area contributed by atoms with E-state index in [1.165, 1.54) is 0 Å². The summed E-state index contributed by atoms with van der Waals surface area (Å²) in [6.07, 6.45) is -0.984. The molecular formula is C10H13NO3. The molecular weight excluding hydrogens is 182 g/mol. The van der Waals surface area contributed by atoms with Crippen LogP contribution in [0.2, 0.25) is 0 Å². The number of para-hydroxylation sites is 1. The third kappa shape index (κ3) is 3.06. The lowest BCUT2D eigenvalue weighted by Crippen LogP contribution is -2.32. The van der Waals surface area contributed by atoms with Crippen LogP contribution in [0.25, 0.3) is 0 Å². The molecule has 0 bridgehead atoms. The highest BCUT2D eigenvalue weighted by Gasteiger charge is 2.16. The number of benzene rings is 1. The molecule has 4 nitrogen and oxygen atoms in total. The van der Waals surface area contributed by atoms with Crippen LogP contribution in [0.4, 0.5) is 5.69 Å². The van der Waals surface area contributed by atoms with Crippen LogP contribution in [0, 0.1) is 0 Å². The van der Waals surface area contributed by atoms with Crippen molar-refractivity contribution in [3.8, 4) is 0 Å². The summed E-state index contributed by atoms with van der Waals surface area (Å²) in [6.45, 7) is 2.11. The molecule has 2 N–H and O–H groups in total. The number of ether oxygens (including phenoxy) is 1. The number of anilines is 1. The topological polar surface area (TPSA) is 58.6 Å². The van der Waals surface area contributed by atoms with E-state index in [0.717, 1.165) is 5.69 Å². The van der Waals surface area contributed by atoms with E-state index in [2.05, 4.69) is 5.32 Å². The van der Waals surface area contributed by atoms with Gasteiger partial charge in [0.05, 0.1) is 0 Å². The molecule has 0 saturated carbocycles. The Morgan fingerprint density at radius 3 is 2.64 bits per heavy atom. The number of carbonyl (C=O) groups is 1. The van der Waals surface area contributed by atoms with Crippen molar-refractivity contribution in [2.45, 2.75) is 13.2 Å². The fourth-order valence-electron chi connectivity index (χ4n) is 1.03. The predicted octanol–water partition coefficient (Wildman–Crippen LogP) is 1.55. The van der Waals surface area contributed by atoms with Crippen LogP contribution >= 0.6 is 0 Å². The van der Waals surface area contributed by atoms with Gasteiger partial charge in [-0.3, -0.25) is 0 Å². The molecule has 0 heterocycles. The van der Waals surface area contributed by atoms with E-state index in [4.69, 9.17) is 9.84 Å². The zero-order valence-electron chi connectivity index (χ0n) is 7.93. The van der Waals surface area contributed by atoms with Crippen molar-refractivity contribution in [2.75, 3.05) is 11.9 Å². The van der Waals surface area contributed by atoms with Gasteiger partial charge in [0.1, 0.15) is 0 Å². The van der Waals surface area contributed by atoms with Crippen molar-refractivity contribution >= 4 is 11.7 Å². The number of nitrogens with one attached hydrogen (secondary N) is 1. The Balaban J connectivity index is 2.60. The van der Waals surface area contributed by atoms with Gasteiger partial charge in [0, 0.05) is 12.3 Å². The maximum Gasteiger partial charge on any atom is 0.353 e. The van der Waals surface area contributed by atoms with Gasteiger partial charge in [-0.2, -0.15) is 0 Å². The number of rotatable bonds is 5. The number of aliphatic carboxylic acids is 1. The first kappa shape index (κ1) is 10.5. The van der Waals surface area contributed by atoms with Gasteiger partial charge >= 0.3 is 5.97 Å². The average Bonchev–Trinajstić information content (AvgIpc) is 2.18. The van der Waals surface area contributed by atoms with Crippen molar-refractivity contribution in [1.29, 1.82) is 0 Å². The Morgan fingerprint density at radius 2 is 2.14 bits per heavy atom. The first-order valence-corrected chi connectivity index (χ1v) is 4.40. The minimum atomic E-state index is -1.02. The molecule has 0 spiro atoms. The van der Waals surface area contributed by atoms with Crippen molar-refractivity contribution in [1.82, 2.24) is 0 Å². The monoisotopic (exact) mass is 195 g/mol. The van der Waals surface area contributed by atoms with Crippen LogP contribution in [0.5, 0.6) is 0 Å². The zero-order valence-corrected chi connectivity index (χ0v) is 7.93. The van der Waals surface area contributed by atoms with Crippen molar-refractivity contribution in [3.05, 3.63) is 30.3 Å². The number of hydrogen-bond donors (Lipinski definition) is 2. The maximum absolute atomic E-state index is 10.7. The molecule has 0 aromatic heterocycles. The average molecular weight is 195 g/mol. The van der Waals surface area contributed by atoms with Gasteiger partial charge in [-0.05, 0) is 19.1 Å². The second-order valence-electron chi connectivity index (χ2n) is 2.68. The van der Waals surface area contributed by atoms with Crippen molar-refractivity contribution < 1.29 is 14.6 Å². The van der Waals surface area contributed by atoms with E-state index in [0.29, 0.717) is 6.61 Å². The summed E-state index contributed by atoms with van der Waals surface area (Å²) in [7, 11) is 0. The molecule has 0 radical (unpaired) electrons. The van der Waals surface area contributed by atoms with Gasteiger partial charge in [0.2, 0.25) is 6.23 Å². The number of hydrogen-bond acceptors (Lipinski definition) is 3. The molecule has 1 unspecified atom stereocenters. The van der Waals surface area contributed by atoms with Gasteiger partial charge in [0.15, 0.2) is 0 Å². The highest BCUT2D eigenvalue weighted by atomic mass is 16.5. The fraction of sp³-hybridized carbons (Fsp3) is 0.300. The van der Waals surface area contributed by atoms with Crippen LogP contribution in [0.3, 0.4) is 0 Å². The molecule has 0 aliphatic carbocycles. The van der Waals surface area contributed by atoms with Crippen LogP contribution in [0.1, 0.15) is 6.92 Å². The minimum absolute atomic E-state index is 0.358. The molecule has 0 aliphatic rings. The normalized spacial score (nSPS) is 12.1. The lowest BCUT2D eigenvalue weighted by Gasteiger charge is -2.14. The molecule has 0 aliphatic heterocycles. The first-order valence-electron chi connectivity index (χ1n) is 4.40. The van der Waals surface area contributed by atoms with Crippen LogP contribution < -0.4 is 5.32 Å². The third-order valence-corrected chi connectivity index (χ3v) is 1.63. The Labute approximate surface area is 82.5 Å². The first-order chi connectivity index (χ1) is 6.74. The number of carboxylic acid groups (broad SMARTS) is 1. The summed E-state index contributed by atoms with van der Waals surface area (Å²) in [5.41, 5.74) is 0.730. The molecule has 1 rings (SSSR count). The van der Waals surface area contributed by atoms with Gasteiger partial charge in [-0.15, -0.1) is 0 Å². The standard InChI is InChI=1S/C10H13NO3/c1-2-14-9(10(12)13)11-8-6-4-3-5-7-8/h3-7,9,11H,2H2,1H3,(H,12,13).